The van der Waals surface area contributed by atoms with Crippen LogP contribution in [0.3, 0.4) is 0 Å². The Hall–Kier alpha value is -5.02. The number of fused-ring (bicyclic) bond motifs is 12. The van der Waals surface area contributed by atoms with E-state index in [0.29, 0.717) is 0 Å². The van der Waals surface area contributed by atoms with Gasteiger partial charge >= 0.3 is 6.85 Å². The minimum Gasteiger partial charge on any atom is -0.376 e. The summed E-state index contributed by atoms with van der Waals surface area (Å²) >= 11 is 0. The molecule has 4 aliphatic rings. The van der Waals surface area contributed by atoms with Crippen molar-refractivity contribution in [2.24, 2.45) is 0 Å². The summed E-state index contributed by atoms with van der Waals surface area (Å²) in [6.07, 6.45) is 2.38. The maximum atomic E-state index is 2.74. The zero-order valence-corrected chi connectivity index (χ0v) is 36.7. The van der Waals surface area contributed by atoms with Crippen LogP contribution < -0.4 is 15.7 Å². The summed E-state index contributed by atoms with van der Waals surface area (Å²) in [5.74, 6) is 0. The Balaban J connectivity index is 1.30. The van der Waals surface area contributed by atoms with Crippen LogP contribution in [-0.4, -0.2) is 11.4 Å². The van der Waals surface area contributed by atoms with E-state index < -0.39 is 0 Å². The highest BCUT2D eigenvalue weighted by atomic mass is 15.1. The molecule has 0 bridgehead atoms. The highest BCUT2D eigenvalue weighted by Crippen LogP contribution is 2.54. The predicted octanol–water partition coefficient (Wildman–Crippen LogP) is 13.3. The average Bonchev–Trinajstić information content (AvgIpc) is 3.62. The van der Waals surface area contributed by atoms with Crippen LogP contribution in [0.25, 0.3) is 49.7 Å². The number of aromatic nitrogens is 1. The zero-order chi connectivity index (χ0) is 40.6. The normalized spacial score (nSPS) is 17.9. The Labute approximate surface area is 346 Å². The second-order valence-electron chi connectivity index (χ2n) is 22.1. The molecular weight excluding hydrogens is 699 g/mol. The minimum atomic E-state index is -0.0698. The molecule has 0 spiro atoms. The Morgan fingerprint density at radius 1 is 0.517 bits per heavy atom. The van der Waals surface area contributed by atoms with Gasteiger partial charge < -0.3 is 9.38 Å². The lowest BCUT2D eigenvalue weighted by Crippen LogP contribution is -2.61. The van der Waals surface area contributed by atoms with E-state index in [0.717, 1.165) is 0 Å². The quantitative estimate of drug-likeness (QED) is 0.151. The van der Waals surface area contributed by atoms with E-state index in [-0.39, 0.29) is 33.9 Å². The van der Waals surface area contributed by atoms with E-state index >= 15 is 0 Å². The molecule has 11 rings (SSSR count). The van der Waals surface area contributed by atoms with Crippen LogP contribution in [0, 0.1) is 0 Å². The summed E-state index contributed by atoms with van der Waals surface area (Å²) in [5, 5.41) is 2.70. The lowest BCUT2D eigenvalue weighted by Gasteiger charge is -2.46. The van der Waals surface area contributed by atoms with Gasteiger partial charge in [0, 0.05) is 38.8 Å². The largest absolute Gasteiger partial charge is 0.376 e. The smallest absolute Gasteiger partial charge is 0.333 e. The third-order valence-corrected chi connectivity index (χ3v) is 15.2. The topological polar surface area (TPSA) is 8.17 Å². The average molecular weight is 757 g/mol. The summed E-state index contributed by atoms with van der Waals surface area (Å²) in [5.41, 5.74) is 23.7. The van der Waals surface area contributed by atoms with Gasteiger partial charge in [-0.2, -0.15) is 0 Å². The van der Waals surface area contributed by atoms with Crippen molar-refractivity contribution in [3.63, 3.8) is 0 Å². The Kier molecular flexibility index (Phi) is 6.95. The fourth-order valence-corrected chi connectivity index (χ4v) is 11.5. The van der Waals surface area contributed by atoms with Gasteiger partial charge in [-0.3, -0.25) is 0 Å². The maximum Gasteiger partial charge on any atom is 0.333 e. The molecule has 290 valence electrons. The number of nitrogens with zero attached hydrogens (tertiary/aromatic N) is 2. The van der Waals surface area contributed by atoms with Crippen LogP contribution in [-0.2, 0) is 27.1 Å². The lowest BCUT2D eigenvalue weighted by atomic mass is 9.43. The van der Waals surface area contributed by atoms with Gasteiger partial charge in [-0.05, 0) is 138 Å². The molecule has 0 unspecified atom stereocenters. The zero-order valence-electron chi connectivity index (χ0n) is 36.7. The molecule has 3 heteroatoms. The number of hydrogen-bond acceptors (Lipinski definition) is 1. The van der Waals surface area contributed by atoms with E-state index in [9.17, 15) is 0 Å². The highest BCUT2D eigenvalue weighted by Gasteiger charge is 2.47. The van der Waals surface area contributed by atoms with Crippen molar-refractivity contribution in [2.75, 3.05) is 4.81 Å². The molecule has 0 saturated heterocycles. The molecule has 1 aromatic heterocycles. The van der Waals surface area contributed by atoms with Gasteiger partial charge in [-0.25, -0.2) is 0 Å². The fraction of sp³-hybridized carbons (Fsp3) is 0.345. The molecule has 3 heterocycles. The third-order valence-electron chi connectivity index (χ3n) is 15.2. The molecule has 0 N–H and O–H groups in total. The SMILES string of the molecule is CC(C)(C)c1ccc(N2B3c4cc(C(C)(C)C)ccc4-n4c5cc6c(cc5c5ccc(c3c54)-c3cc4c(cc32)C(C)(C)CCC4(C)C)C(C)(C)c2ccccc2-6)cc1. The second-order valence-corrected chi connectivity index (χ2v) is 22.1. The van der Waals surface area contributed by atoms with Crippen molar-refractivity contribution in [1.82, 2.24) is 4.57 Å². The first-order chi connectivity index (χ1) is 27.3. The number of anilines is 2. The molecule has 0 atom stereocenters. The van der Waals surface area contributed by atoms with Crippen LogP contribution in [0.2, 0.25) is 0 Å². The standard InChI is InChI=1S/C55H57BN2/c1-51(2,3)32-17-20-34(21-18-32)58-48-31-44-43(53(7,8)25-26-54(44,9)10)29-39(48)36-22-23-37-40-28-42-38(35-15-13-14-16-41(35)55(42,11)12)30-47(40)57-46-24-19-33(52(4,5)6)27-45(46)56(58)49(36)50(37)57/h13-24,27-31H,25-26H2,1-12H3. The van der Waals surface area contributed by atoms with Gasteiger partial charge in [0.2, 0.25) is 0 Å². The first kappa shape index (κ1) is 36.1. The van der Waals surface area contributed by atoms with Crippen LogP contribution in [0.1, 0.15) is 129 Å². The van der Waals surface area contributed by atoms with Gasteiger partial charge in [0.25, 0.3) is 0 Å². The van der Waals surface area contributed by atoms with Crippen molar-refractivity contribution in [3.05, 3.63) is 137 Å². The van der Waals surface area contributed by atoms with Crippen LogP contribution in [0.4, 0.5) is 11.4 Å². The van der Waals surface area contributed by atoms with Gasteiger partial charge in [-0.15, -0.1) is 0 Å². The van der Waals surface area contributed by atoms with Gasteiger partial charge in [0.05, 0.1) is 11.0 Å². The number of hydrogen-bond donors (Lipinski definition) is 0. The Morgan fingerprint density at radius 2 is 1.17 bits per heavy atom. The van der Waals surface area contributed by atoms with Crippen LogP contribution in [0.5, 0.6) is 0 Å². The molecule has 0 amide bonds. The number of benzene rings is 6. The Bertz CT molecular complexity index is 2940. The van der Waals surface area contributed by atoms with E-state index in [4.69, 9.17) is 0 Å². The summed E-state index contributed by atoms with van der Waals surface area (Å²) in [6, 6.07) is 41.4. The number of rotatable bonds is 1. The molecule has 2 aliphatic heterocycles. The molecule has 0 fully saturated rings. The highest BCUT2D eigenvalue weighted by molar-refractivity contribution is 6.93. The van der Waals surface area contributed by atoms with Crippen molar-refractivity contribution in [1.29, 1.82) is 0 Å². The fourth-order valence-electron chi connectivity index (χ4n) is 11.5. The summed E-state index contributed by atoms with van der Waals surface area (Å²) in [4.78, 5) is 2.74. The van der Waals surface area contributed by atoms with E-state index in [1.165, 1.54) is 118 Å². The molecule has 0 saturated carbocycles. The van der Waals surface area contributed by atoms with Crippen LogP contribution >= 0.6 is 0 Å². The minimum absolute atomic E-state index is 0.000537. The van der Waals surface area contributed by atoms with Crippen molar-refractivity contribution >= 4 is 51.0 Å². The van der Waals surface area contributed by atoms with E-state index in [2.05, 4.69) is 196 Å². The van der Waals surface area contributed by atoms with Crippen molar-refractivity contribution in [2.45, 2.75) is 123 Å². The third kappa shape index (κ3) is 4.68. The van der Waals surface area contributed by atoms with E-state index in [1.807, 2.05) is 0 Å². The first-order valence-electron chi connectivity index (χ1n) is 21.8. The predicted molar refractivity (Wildman–Crippen MR) is 250 cm³/mol. The lowest BCUT2D eigenvalue weighted by molar-refractivity contribution is 0.332. The molecule has 2 nitrogen and oxygen atoms in total. The van der Waals surface area contributed by atoms with Crippen molar-refractivity contribution < 1.29 is 0 Å². The summed E-state index contributed by atoms with van der Waals surface area (Å²) < 4.78 is 2.66. The monoisotopic (exact) mass is 756 g/mol. The summed E-state index contributed by atoms with van der Waals surface area (Å²) in [6.45, 7) is 28.7. The van der Waals surface area contributed by atoms with Gasteiger partial charge in [0.15, 0.2) is 0 Å². The van der Waals surface area contributed by atoms with Crippen molar-refractivity contribution in [3.8, 4) is 27.9 Å². The molecular formula is C55H57BN2. The molecule has 7 aromatic rings. The Morgan fingerprint density at radius 3 is 1.86 bits per heavy atom. The maximum absolute atomic E-state index is 2.74. The molecule has 2 aliphatic carbocycles. The van der Waals surface area contributed by atoms with Crippen LogP contribution in [0.15, 0.2) is 103 Å². The molecule has 6 aromatic carbocycles. The van der Waals surface area contributed by atoms with E-state index in [1.54, 1.807) is 0 Å². The second kappa shape index (κ2) is 11.2. The van der Waals surface area contributed by atoms with Gasteiger partial charge in [0.1, 0.15) is 0 Å². The first-order valence-corrected chi connectivity index (χ1v) is 21.8. The summed E-state index contributed by atoms with van der Waals surface area (Å²) in [7, 11) is 0. The molecule has 0 radical (unpaired) electrons. The molecule has 58 heavy (non-hydrogen) atoms. The van der Waals surface area contributed by atoms with Gasteiger partial charge in [-0.1, -0.05) is 144 Å².